The fourth-order valence-electron chi connectivity index (χ4n) is 3.78. The van der Waals surface area contributed by atoms with Crippen molar-refractivity contribution >= 4 is 11.9 Å². The van der Waals surface area contributed by atoms with Gasteiger partial charge >= 0.3 is 6.01 Å². The third kappa shape index (κ3) is 5.46. The van der Waals surface area contributed by atoms with Crippen LogP contribution in [0.5, 0.6) is 5.75 Å². The van der Waals surface area contributed by atoms with Gasteiger partial charge in [-0.1, -0.05) is 34.9 Å². The van der Waals surface area contributed by atoms with E-state index >= 15 is 0 Å². The van der Waals surface area contributed by atoms with Crippen molar-refractivity contribution < 1.29 is 13.9 Å². The third-order valence-corrected chi connectivity index (χ3v) is 5.61. The number of carbonyl (C=O) groups excluding carboxylic acids is 1. The van der Waals surface area contributed by atoms with Gasteiger partial charge in [-0.15, -0.1) is 5.10 Å². The summed E-state index contributed by atoms with van der Waals surface area (Å²) in [5.74, 6) is 1.45. The number of carbonyl (C=O) groups is 1. The minimum absolute atomic E-state index is 0.00529. The monoisotopic (exact) mass is 434 g/mol. The van der Waals surface area contributed by atoms with Crippen molar-refractivity contribution in [2.75, 3.05) is 18.0 Å². The van der Waals surface area contributed by atoms with Crippen LogP contribution in [0.2, 0.25) is 0 Å². The summed E-state index contributed by atoms with van der Waals surface area (Å²) in [6.07, 6.45) is 1.66. The summed E-state index contributed by atoms with van der Waals surface area (Å²) in [6, 6.07) is 16.4. The largest absolute Gasteiger partial charge is 0.491 e. The third-order valence-electron chi connectivity index (χ3n) is 5.61. The maximum atomic E-state index is 12.6. The SMILES string of the molecule is Cc1ccc(-c2nnc(N3CCC(C(=O)NCc4ccc(OC(C)C)cc4)CC3)o2)cc1. The molecule has 1 aromatic heterocycles. The van der Waals surface area contributed by atoms with Crippen LogP contribution in [-0.4, -0.2) is 35.3 Å². The Kier molecular flexibility index (Phi) is 6.73. The van der Waals surface area contributed by atoms with Crippen molar-refractivity contribution in [3.05, 3.63) is 59.7 Å². The number of benzene rings is 2. The Labute approximate surface area is 188 Å². The number of aryl methyl sites for hydroxylation is 1. The lowest BCUT2D eigenvalue weighted by molar-refractivity contribution is -0.125. The lowest BCUT2D eigenvalue weighted by Crippen LogP contribution is -2.40. The molecule has 3 aromatic rings. The van der Waals surface area contributed by atoms with Gasteiger partial charge in [0, 0.05) is 31.1 Å². The molecular formula is C25H30N4O3. The van der Waals surface area contributed by atoms with Gasteiger partial charge in [-0.3, -0.25) is 4.79 Å². The minimum Gasteiger partial charge on any atom is -0.491 e. The summed E-state index contributed by atoms with van der Waals surface area (Å²) < 4.78 is 11.5. The van der Waals surface area contributed by atoms with Gasteiger partial charge in [0.2, 0.25) is 11.8 Å². The van der Waals surface area contributed by atoms with Crippen LogP contribution < -0.4 is 15.0 Å². The van der Waals surface area contributed by atoms with E-state index in [-0.39, 0.29) is 17.9 Å². The standard InChI is InChI=1S/C25H30N4O3/c1-17(2)31-22-10-6-19(7-11-22)16-26-23(30)20-12-14-29(15-13-20)25-28-27-24(32-25)21-8-4-18(3)5-9-21/h4-11,17,20H,12-16H2,1-3H3,(H,26,30). The van der Waals surface area contributed by atoms with Crippen LogP contribution in [0.25, 0.3) is 11.5 Å². The van der Waals surface area contributed by atoms with E-state index in [1.165, 1.54) is 5.56 Å². The highest BCUT2D eigenvalue weighted by Crippen LogP contribution is 2.26. The Morgan fingerprint density at radius 1 is 1.09 bits per heavy atom. The summed E-state index contributed by atoms with van der Waals surface area (Å²) in [5, 5.41) is 11.5. The molecule has 0 unspecified atom stereocenters. The highest BCUT2D eigenvalue weighted by Gasteiger charge is 2.27. The van der Waals surface area contributed by atoms with Gasteiger partial charge in [0.15, 0.2) is 0 Å². The number of hydrogen-bond donors (Lipinski definition) is 1. The molecule has 32 heavy (non-hydrogen) atoms. The van der Waals surface area contributed by atoms with Crippen molar-refractivity contribution in [3.63, 3.8) is 0 Å². The minimum atomic E-state index is -0.00529. The number of hydrogen-bond acceptors (Lipinski definition) is 6. The van der Waals surface area contributed by atoms with E-state index in [9.17, 15) is 4.79 Å². The van der Waals surface area contributed by atoms with Crippen LogP contribution in [0.1, 0.15) is 37.8 Å². The molecule has 7 nitrogen and oxygen atoms in total. The molecule has 0 bridgehead atoms. The lowest BCUT2D eigenvalue weighted by atomic mass is 9.96. The fourth-order valence-corrected chi connectivity index (χ4v) is 3.78. The maximum Gasteiger partial charge on any atom is 0.318 e. The van der Waals surface area contributed by atoms with Crippen LogP contribution >= 0.6 is 0 Å². The topological polar surface area (TPSA) is 80.5 Å². The molecule has 1 fully saturated rings. The fraction of sp³-hybridized carbons (Fsp3) is 0.400. The number of rotatable bonds is 7. The van der Waals surface area contributed by atoms with E-state index in [1.54, 1.807) is 0 Å². The van der Waals surface area contributed by atoms with Crippen LogP contribution in [0.3, 0.4) is 0 Å². The average molecular weight is 435 g/mol. The van der Waals surface area contributed by atoms with E-state index in [4.69, 9.17) is 9.15 Å². The molecule has 1 N–H and O–H groups in total. The number of piperidine rings is 1. The molecule has 0 saturated carbocycles. The first-order valence-electron chi connectivity index (χ1n) is 11.2. The molecule has 4 rings (SSSR count). The molecule has 0 atom stereocenters. The predicted molar refractivity (Wildman–Crippen MR) is 123 cm³/mol. The molecule has 7 heteroatoms. The summed E-state index contributed by atoms with van der Waals surface area (Å²) in [6.45, 7) is 8.00. The van der Waals surface area contributed by atoms with Crippen LogP contribution in [0.4, 0.5) is 6.01 Å². The zero-order valence-corrected chi connectivity index (χ0v) is 18.9. The molecule has 1 saturated heterocycles. The van der Waals surface area contributed by atoms with E-state index in [2.05, 4.69) is 20.4 Å². The van der Waals surface area contributed by atoms with Crippen molar-refractivity contribution in [2.24, 2.45) is 5.92 Å². The molecule has 2 heterocycles. The summed E-state index contributed by atoms with van der Waals surface area (Å²) in [5.41, 5.74) is 3.15. The molecule has 2 aromatic carbocycles. The van der Waals surface area contributed by atoms with E-state index in [0.717, 1.165) is 42.8 Å². The van der Waals surface area contributed by atoms with Gasteiger partial charge in [-0.05, 0) is 63.4 Å². The quantitative estimate of drug-likeness (QED) is 0.595. The molecule has 168 valence electrons. The average Bonchev–Trinajstić information content (AvgIpc) is 3.29. The van der Waals surface area contributed by atoms with E-state index in [0.29, 0.717) is 18.5 Å². The van der Waals surface area contributed by atoms with Gasteiger partial charge in [0.25, 0.3) is 0 Å². The van der Waals surface area contributed by atoms with Gasteiger partial charge in [-0.25, -0.2) is 0 Å². The molecule has 1 amide bonds. The number of nitrogens with zero attached hydrogens (tertiary/aromatic N) is 3. The highest BCUT2D eigenvalue weighted by atomic mass is 16.5. The van der Waals surface area contributed by atoms with Crippen molar-refractivity contribution in [1.82, 2.24) is 15.5 Å². The number of ether oxygens (including phenoxy) is 1. The molecule has 0 aliphatic carbocycles. The van der Waals surface area contributed by atoms with Crippen molar-refractivity contribution in [2.45, 2.75) is 46.3 Å². The molecule has 0 spiro atoms. The Bertz CT molecular complexity index is 1020. The maximum absolute atomic E-state index is 12.6. The zero-order valence-electron chi connectivity index (χ0n) is 18.9. The predicted octanol–water partition coefficient (Wildman–Crippen LogP) is 4.37. The van der Waals surface area contributed by atoms with Crippen molar-refractivity contribution in [3.8, 4) is 17.2 Å². The van der Waals surface area contributed by atoms with E-state index < -0.39 is 0 Å². The Morgan fingerprint density at radius 2 is 1.78 bits per heavy atom. The van der Waals surface area contributed by atoms with Crippen LogP contribution in [0.15, 0.2) is 52.9 Å². The van der Waals surface area contributed by atoms with Crippen LogP contribution in [0, 0.1) is 12.8 Å². The van der Waals surface area contributed by atoms with Crippen LogP contribution in [-0.2, 0) is 11.3 Å². The summed E-state index contributed by atoms with van der Waals surface area (Å²) in [7, 11) is 0. The van der Waals surface area contributed by atoms with Gasteiger partial charge in [0.05, 0.1) is 6.10 Å². The second kappa shape index (κ2) is 9.85. The first kappa shape index (κ1) is 21.9. The Morgan fingerprint density at radius 3 is 2.44 bits per heavy atom. The molecule has 0 radical (unpaired) electrons. The molecule has 1 aliphatic rings. The van der Waals surface area contributed by atoms with Gasteiger partial charge in [0.1, 0.15) is 5.75 Å². The number of anilines is 1. The number of amides is 1. The van der Waals surface area contributed by atoms with E-state index in [1.807, 2.05) is 69.3 Å². The molecular weight excluding hydrogens is 404 g/mol. The zero-order chi connectivity index (χ0) is 22.5. The Balaban J connectivity index is 1.25. The summed E-state index contributed by atoms with van der Waals surface area (Å²) >= 11 is 0. The normalized spacial score (nSPS) is 14.6. The number of aromatic nitrogens is 2. The smallest absolute Gasteiger partial charge is 0.318 e. The summed E-state index contributed by atoms with van der Waals surface area (Å²) in [4.78, 5) is 14.7. The van der Waals surface area contributed by atoms with Gasteiger partial charge in [-0.2, -0.15) is 0 Å². The lowest BCUT2D eigenvalue weighted by Gasteiger charge is -2.29. The highest BCUT2D eigenvalue weighted by molar-refractivity contribution is 5.79. The first-order chi connectivity index (χ1) is 15.5. The second-order valence-corrected chi connectivity index (χ2v) is 8.55. The Hall–Kier alpha value is -3.35. The number of nitrogens with one attached hydrogen (secondary N) is 1. The first-order valence-corrected chi connectivity index (χ1v) is 11.2. The molecule has 1 aliphatic heterocycles. The van der Waals surface area contributed by atoms with Crippen molar-refractivity contribution in [1.29, 1.82) is 0 Å². The second-order valence-electron chi connectivity index (χ2n) is 8.55. The van der Waals surface area contributed by atoms with Gasteiger partial charge < -0.3 is 19.4 Å².